The van der Waals surface area contributed by atoms with Crippen molar-refractivity contribution in [1.29, 1.82) is 0 Å². The lowest BCUT2D eigenvalue weighted by Crippen LogP contribution is -2.26. The van der Waals surface area contributed by atoms with Gasteiger partial charge in [0.1, 0.15) is 11.6 Å². The van der Waals surface area contributed by atoms with Crippen molar-refractivity contribution in [3.8, 4) is 5.75 Å². The molecule has 6 heteroatoms. The summed E-state index contributed by atoms with van der Waals surface area (Å²) in [5.41, 5.74) is 1.66. The van der Waals surface area contributed by atoms with Crippen molar-refractivity contribution in [2.45, 2.75) is 26.0 Å². The van der Waals surface area contributed by atoms with Gasteiger partial charge in [-0.2, -0.15) is 8.78 Å². The first-order chi connectivity index (χ1) is 11.1. The van der Waals surface area contributed by atoms with Gasteiger partial charge in [0.2, 0.25) is 0 Å². The number of pyridine rings is 1. The number of nitrogens with zero attached hydrogens (tertiary/aromatic N) is 2. The summed E-state index contributed by atoms with van der Waals surface area (Å²) in [4.78, 5) is 6.50. The number of hydrogen-bond acceptors (Lipinski definition) is 4. The van der Waals surface area contributed by atoms with Gasteiger partial charge in [0.15, 0.2) is 0 Å². The number of ether oxygens (including phenoxy) is 1. The number of halogens is 2. The third-order valence-corrected chi connectivity index (χ3v) is 3.85. The second-order valence-corrected chi connectivity index (χ2v) is 5.59. The van der Waals surface area contributed by atoms with Crippen molar-refractivity contribution in [2.75, 3.05) is 23.3 Å². The van der Waals surface area contributed by atoms with Crippen LogP contribution < -0.4 is 15.0 Å². The molecule has 1 aromatic heterocycles. The van der Waals surface area contributed by atoms with Gasteiger partial charge in [-0.05, 0) is 37.6 Å². The van der Waals surface area contributed by atoms with Crippen LogP contribution >= 0.6 is 0 Å². The minimum Gasteiger partial charge on any atom is -0.433 e. The molecule has 122 valence electrons. The lowest BCUT2D eigenvalue weighted by atomic mass is 10.2. The van der Waals surface area contributed by atoms with E-state index in [0.717, 1.165) is 31.0 Å². The third-order valence-electron chi connectivity index (χ3n) is 3.85. The first-order valence-corrected chi connectivity index (χ1v) is 7.61. The molecule has 0 bridgehead atoms. The fraction of sp³-hybridized carbons (Fsp3) is 0.353. The van der Waals surface area contributed by atoms with Gasteiger partial charge in [-0.25, -0.2) is 4.98 Å². The molecule has 0 saturated carbocycles. The summed E-state index contributed by atoms with van der Waals surface area (Å²) in [5, 5.41) is 3.40. The highest BCUT2D eigenvalue weighted by Gasteiger charge is 2.25. The van der Waals surface area contributed by atoms with Crippen LogP contribution in [0.15, 0.2) is 42.5 Å². The van der Waals surface area contributed by atoms with Crippen LogP contribution in [0.4, 0.5) is 20.3 Å². The van der Waals surface area contributed by atoms with E-state index in [4.69, 9.17) is 0 Å². The molecule has 1 N–H and O–H groups in total. The summed E-state index contributed by atoms with van der Waals surface area (Å²) >= 11 is 0. The molecule has 1 aliphatic heterocycles. The number of anilines is 2. The number of alkyl halides is 2. The molecule has 1 fully saturated rings. The summed E-state index contributed by atoms with van der Waals surface area (Å²) in [6.45, 7) is 0.639. The Labute approximate surface area is 134 Å². The minimum atomic E-state index is -2.82. The SMILES string of the molecule is Cc1cccc(NC2CCN(c3ccccc3OC(F)F)C2)n1. The Bertz CT molecular complexity index is 666. The van der Waals surface area contributed by atoms with Crippen LogP contribution in [0.1, 0.15) is 12.1 Å². The van der Waals surface area contributed by atoms with E-state index in [9.17, 15) is 8.78 Å². The zero-order chi connectivity index (χ0) is 16.2. The molecule has 2 aromatic rings. The Morgan fingerprint density at radius 1 is 1.22 bits per heavy atom. The predicted octanol–water partition coefficient (Wildman–Crippen LogP) is 3.68. The highest BCUT2D eigenvalue weighted by atomic mass is 19.3. The Kier molecular flexibility index (Phi) is 4.60. The van der Waals surface area contributed by atoms with E-state index in [2.05, 4.69) is 19.9 Å². The maximum atomic E-state index is 12.5. The van der Waals surface area contributed by atoms with E-state index in [1.54, 1.807) is 12.1 Å². The topological polar surface area (TPSA) is 37.4 Å². The van der Waals surface area contributed by atoms with Crippen molar-refractivity contribution in [3.63, 3.8) is 0 Å². The second kappa shape index (κ2) is 6.81. The Balaban J connectivity index is 1.68. The summed E-state index contributed by atoms with van der Waals surface area (Å²) < 4.78 is 29.7. The van der Waals surface area contributed by atoms with E-state index in [-0.39, 0.29) is 11.8 Å². The number of nitrogens with one attached hydrogen (secondary N) is 1. The number of para-hydroxylation sites is 2. The molecule has 0 amide bonds. The van der Waals surface area contributed by atoms with Crippen molar-refractivity contribution in [3.05, 3.63) is 48.2 Å². The number of aromatic nitrogens is 1. The van der Waals surface area contributed by atoms with Crippen molar-refractivity contribution in [2.24, 2.45) is 0 Å². The van der Waals surface area contributed by atoms with Crippen LogP contribution in [0, 0.1) is 6.92 Å². The van der Waals surface area contributed by atoms with Gasteiger partial charge >= 0.3 is 6.61 Å². The number of benzene rings is 1. The van der Waals surface area contributed by atoms with Crippen LogP contribution in [0.3, 0.4) is 0 Å². The smallest absolute Gasteiger partial charge is 0.387 e. The lowest BCUT2D eigenvalue weighted by molar-refractivity contribution is -0.0495. The van der Waals surface area contributed by atoms with E-state index in [1.807, 2.05) is 37.3 Å². The number of hydrogen-bond donors (Lipinski definition) is 1. The molecule has 3 rings (SSSR count). The van der Waals surface area contributed by atoms with Crippen molar-refractivity contribution < 1.29 is 13.5 Å². The lowest BCUT2D eigenvalue weighted by Gasteiger charge is -2.22. The summed E-state index contributed by atoms with van der Waals surface area (Å²) in [7, 11) is 0. The maximum absolute atomic E-state index is 12.5. The standard InChI is InChI=1S/C17H19F2N3O/c1-12-5-4-8-16(20-12)21-13-9-10-22(11-13)14-6-2-3-7-15(14)23-17(18)19/h2-8,13,17H,9-11H2,1H3,(H,20,21). The highest BCUT2D eigenvalue weighted by molar-refractivity contribution is 5.59. The van der Waals surface area contributed by atoms with Crippen LogP contribution in [0.25, 0.3) is 0 Å². The van der Waals surface area contributed by atoms with E-state index in [1.165, 1.54) is 0 Å². The number of aryl methyl sites for hydroxylation is 1. The quantitative estimate of drug-likeness (QED) is 0.912. The molecule has 1 aromatic carbocycles. The van der Waals surface area contributed by atoms with Gasteiger partial charge in [0.25, 0.3) is 0 Å². The largest absolute Gasteiger partial charge is 0.433 e. The molecular formula is C17H19F2N3O. The van der Waals surface area contributed by atoms with Gasteiger partial charge in [-0.15, -0.1) is 0 Å². The van der Waals surface area contributed by atoms with Crippen LogP contribution in [0.2, 0.25) is 0 Å². The molecule has 1 unspecified atom stereocenters. The zero-order valence-electron chi connectivity index (χ0n) is 12.9. The molecule has 0 radical (unpaired) electrons. The van der Waals surface area contributed by atoms with E-state index >= 15 is 0 Å². The Hall–Kier alpha value is -2.37. The van der Waals surface area contributed by atoms with Crippen LogP contribution in [0.5, 0.6) is 5.75 Å². The predicted molar refractivity (Wildman–Crippen MR) is 86.3 cm³/mol. The fourth-order valence-electron chi connectivity index (χ4n) is 2.84. The molecule has 1 aliphatic rings. The summed E-state index contributed by atoms with van der Waals surface area (Å²) in [6.07, 6.45) is 0.915. The van der Waals surface area contributed by atoms with Gasteiger partial charge in [-0.1, -0.05) is 18.2 Å². The molecule has 4 nitrogen and oxygen atoms in total. The molecule has 1 atom stereocenters. The number of rotatable bonds is 5. The van der Waals surface area contributed by atoms with Crippen LogP contribution in [-0.2, 0) is 0 Å². The minimum absolute atomic E-state index is 0.219. The third kappa shape index (κ3) is 3.88. The van der Waals surface area contributed by atoms with Crippen LogP contribution in [-0.4, -0.2) is 30.7 Å². The maximum Gasteiger partial charge on any atom is 0.387 e. The van der Waals surface area contributed by atoms with Gasteiger partial charge in [0, 0.05) is 24.8 Å². The first kappa shape index (κ1) is 15.5. The Morgan fingerprint density at radius 3 is 2.83 bits per heavy atom. The zero-order valence-corrected chi connectivity index (χ0v) is 12.9. The highest BCUT2D eigenvalue weighted by Crippen LogP contribution is 2.32. The average molecular weight is 319 g/mol. The second-order valence-electron chi connectivity index (χ2n) is 5.59. The first-order valence-electron chi connectivity index (χ1n) is 7.61. The normalized spacial score (nSPS) is 17.6. The molecule has 23 heavy (non-hydrogen) atoms. The van der Waals surface area contributed by atoms with E-state index in [0.29, 0.717) is 5.69 Å². The molecule has 0 aliphatic carbocycles. The monoisotopic (exact) mass is 319 g/mol. The summed E-state index contributed by atoms with van der Waals surface area (Å²) in [6, 6.07) is 13.0. The van der Waals surface area contributed by atoms with E-state index < -0.39 is 6.61 Å². The average Bonchev–Trinajstić information content (AvgIpc) is 2.95. The molecule has 0 spiro atoms. The molecule has 2 heterocycles. The summed E-state index contributed by atoms with van der Waals surface area (Å²) in [5.74, 6) is 1.06. The fourth-order valence-corrected chi connectivity index (χ4v) is 2.84. The van der Waals surface area contributed by atoms with Gasteiger partial charge < -0.3 is 15.0 Å². The van der Waals surface area contributed by atoms with Crippen molar-refractivity contribution in [1.82, 2.24) is 4.98 Å². The van der Waals surface area contributed by atoms with Crippen molar-refractivity contribution >= 4 is 11.5 Å². The van der Waals surface area contributed by atoms with Gasteiger partial charge in [0.05, 0.1) is 5.69 Å². The Morgan fingerprint density at radius 2 is 2.04 bits per heavy atom. The molecular weight excluding hydrogens is 300 g/mol. The molecule has 1 saturated heterocycles. The van der Waals surface area contributed by atoms with Gasteiger partial charge in [-0.3, -0.25) is 0 Å².